The number of aromatic hydroxyl groups is 1. The zero-order chi connectivity index (χ0) is 11.8. The van der Waals surface area contributed by atoms with Crippen LogP contribution in [0.1, 0.15) is 27.2 Å². The van der Waals surface area contributed by atoms with Crippen molar-refractivity contribution in [3.8, 4) is 5.75 Å². The van der Waals surface area contributed by atoms with Crippen LogP contribution < -0.4 is 5.46 Å². The summed E-state index contributed by atoms with van der Waals surface area (Å²) in [7, 11) is -0.334. The standard InChI is InChI=1S/C12H17BO3/c1-9-8-12(2,3)16-13(15-9)10-4-6-11(14)7-5-10/h4-7,9,14H,8H2,1-3H3. The summed E-state index contributed by atoms with van der Waals surface area (Å²) in [4.78, 5) is 0. The molecule has 1 aromatic carbocycles. The Morgan fingerprint density at radius 1 is 1.31 bits per heavy atom. The van der Waals surface area contributed by atoms with Crippen LogP contribution >= 0.6 is 0 Å². The molecule has 1 aromatic rings. The van der Waals surface area contributed by atoms with E-state index in [1.165, 1.54) is 0 Å². The van der Waals surface area contributed by atoms with Crippen molar-refractivity contribution >= 4 is 12.6 Å². The normalized spacial score (nSPS) is 24.4. The molecule has 0 spiro atoms. The van der Waals surface area contributed by atoms with Crippen molar-refractivity contribution in [2.75, 3.05) is 0 Å². The van der Waals surface area contributed by atoms with Gasteiger partial charge in [-0.3, -0.25) is 0 Å². The predicted molar refractivity (Wildman–Crippen MR) is 63.8 cm³/mol. The largest absolute Gasteiger partial charge is 0.508 e. The minimum Gasteiger partial charge on any atom is -0.508 e. The molecule has 4 heteroatoms. The van der Waals surface area contributed by atoms with E-state index in [9.17, 15) is 5.11 Å². The van der Waals surface area contributed by atoms with Crippen molar-refractivity contribution in [1.29, 1.82) is 0 Å². The smallest absolute Gasteiger partial charge is 0.494 e. The van der Waals surface area contributed by atoms with Crippen LogP contribution in [-0.4, -0.2) is 23.9 Å². The highest BCUT2D eigenvalue weighted by atomic mass is 16.6. The van der Waals surface area contributed by atoms with Crippen LogP contribution in [0.25, 0.3) is 0 Å². The van der Waals surface area contributed by atoms with Gasteiger partial charge >= 0.3 is 7.12 Å². The van der Waals surface area contributed by atoms with E-state index in [0.717, 1.165) is 11.9 Å². The SMILES string of the molecule is CC1CC(C)(C)OB(c2ccc(O)cc2)O1. The van der Waals surface area contributed by atoms with E-state index >= 15 is 0 Å². The fraction of sp³-hybridized carbons (Fsp3) is 0.500. The van der Waals surface area contributed by atoms with E-state index in [0.29, 0.717) is 0 Å². The van der Waals surface area contributed by atoms with Crippen LogP contribution in [0.2, 0.25) is 0 Å². The molecular weight excluding hydrogens is 203 g/mol. The average molecular weight is 220 g/mol. The van der Waals surface area contributed by atoms with Gasteiger partial charge < -0.3 is 14.4 Å². The summed E-state index contributed by atoms with van der Waals surface area (Å²) >= 11 is 0. The second-order valence-electron chi connectivity index (χ2n) is 4.95. The molecule has 2 rings (SSSR count). The maximum atomic E-state index is 9.23. The third-order valence-corrected chi connectivity index (χ3v) is 2.73. The Kier molecular flexibility index (Phi) is 2.95. The highest BCUT2D eigenvalue weighted by Crippen LogP contribution is 2.25. The highest BCUT2D eigenvalue weighted by molar-refractivity contribution is 6.61. The second kappa shape index (κ2) is 4.11. The van der Waals surface area contributed by atoms with Gasteiger partial charge in [0.2, 0.25) is 0 Å². The second-order valence-corrected chi connectivity index (χ2v) is 4.95. The van der Waals surface area contributed by atoms with Crippen molar-refractivity contribution in [2.45, 2.75) is 38.9 Å². The first kappa shape index (κ1) is 11.5. The lowest BCUT2D eigenvalue weighted by Gasteiger charge is -2.38. The number of rotatable bonds is 1. The Morgan fingerprint density at radius 3 is 2.50 bits per heavy atom. The van der Waals surface area contributed by atoms with Gasteiger partial charge in [0.25, 0.3) is 0 Å². The molecule has 1 unspecified atom stereocenters. The highest BCUT2D eigenvalue weighted by Gasteiger charge is 2.37. The van der Waals surface area contributed by atoms with Crippen LogP contribution in [0, 0.1) is 0 Å². The number of phenolic OH excluding ortho intramolecular Hbond substituents is 1. The number of benzene rings is 1. The lowest BCUT2D eigenvalue weighted by molar-refractivity contribution is -0.0229. The average Bonchev–Trinajstić information content (AvgIpc) is 2.15. The summed E-state index contributed by atoms with van der Waals surface area (Å²) in [6.07, 6.45) is 1.07. The molecule has 0 radical (unpaired) electrons. The summed E-state index contributed by atoms with van der Waals surface area (Å²) < 4.78 is 11.6. The van der Waals surface area contributed by atoms with Crippen LogP contribution in [0.3, 0.4) is 0 Å². The zero-order valence-electron chi connectivity index (χ0n) is 9.93. The summed E-state index contributed by atoms with van der Waals surface area (Å²) in [5.74, 6) is 0.256. The van der Waals surface area contributed by atoms with Crippen molar-refractivity contribution < 1.29 is 14.4 Å². The van der Waals surface area contributed by atoms with Gasteiger partial charge in [-0.25, -0.2) is 0 Å². The zero-order valence-corrected chi connectivity index (χ0v) is 9.93. The van der Waals surface area contributed by atoms with Gasteiger partial charge in [0.1, 0.15) is 5.75 Å². The molecular formula is C12H17BO3. The molecule has 1 N–H and O–H groups in total. The molecule has 1 aliphatic rings. The summed E-state index contributed by atoms with van der Waals surface area (Å²) in [5, 5.41) is 9.23. The first-order valence-electron chi connectivity index (χ1n) is 5.58. The minimum atomic E-state index is -0.334. The van der Waals surface area contributed by atoms with Crippen molar-refractivity contribution in [2.24, 2.45) is 0 Å². The molecule has 1 atom stereocenters. The molecule has 1 fully saturated rings. The maximum Gasteiger partial charge on any atom is 0.494 e. The van der Waals surface area contributed by atoms with Crippen molar-refractivity contribution in [1.82, 2.24) is 0 Å². The molecule has 1 heterocycles. The number of hydrogen-bond acceptors (Lipinski definition) is 3. The molecule has 0 aliphatic carbocycles. The Hall–Kier alpha value is -0.995. The van der Waals surface area contributed by atoms with Gasteiger partial charge in [-0.1, -0.05) is 12.1 Å². The number of phenols is 1. The van der Waals surface area contributed by atoms with Crippen LogP contribution in [0.4, 0.5) is 0 Å². The van der Waals surface area contributed by atoms with Gasteiger partial charge in [-0.05, 0) is 44.8 Å². The summed E-state index contributed by atoms with van der Waals surface area (Å²) in [6, 6.07) is 6.95. The van der Waals surface area contributed by atoms with Crippen LogP contribution in [-0.2, 0) is 9.31 Å². The molecule has 0 saturated carbocycles. The predicted octanol–water partition coefficient (Wildman–Crippen LogP) is 1.69. The van der Waals surface area contributed by atoms with Gasteiger partial charge in [-0.2, -0.15) is 0 Å². The fourth-order valence-electron chi connectivity index (χ4n) is 2.10. The molecule has 1 saturated heterocycles. The third-order valence-electron chi connectivity index (χ3n) is 2.73. The minimum absolute atomic E-state index is 0.166. The molecule has 0 bridgehead atoms. The molecule has 86 valence electrons. The Balaban J connectivity index is 2.17. The number of hydrogen-bond donors (Lipinski definition) is 1. The lowest BCUT2D eigenvalue weighted by Crippen LogP contribution is -2.51. The monoisotopic (exact) mass is 220 g/mol. The molecule has 0 aromatic heterocycles. The third kappa shape index (κ3) is 2.57. The Labute approximate surface area is 96.5 Å². The summed E-state index contributed by atoms with van der Waals surface area (Å²) in [5.41, 5.74) is 0.776. The van der Waals surface area contributed by atoms with Crippen molar-refractivity contribution in [3.05, 3.63) is 24.3 Å². The first-order valence-corrected chi connectivity index (χ1v) is 5.58. The summed E-state index contributed by atoms with van der Waals surface area (Å²) in [6.45, 7) is 6.19. The fourth-order valence-corrected chi connectivity index (χ4v) is 2.10. The molecule has 16 heavy (non-hydrogen) atoms. The van der Waals surface area contributed by atoms with E-state index in [-0.39, 0.29) is 24.6 Å². The van der Waals surface area contributed by atoms with E-state index in [1.54, 1.807) is 12.1 Å². The van der Waals surface area contributed by atoms with Gasteiger partial charge in [0.05, 0.1) is 5.60 Å². The topological polar surface area (TPSA) is 38.7 Å². The maximum absolute atomic E-state index is 9.23. The van der Waals surface area contributed by atoms with E-state index in [4.69, 9.17) is 9.31 Å². The quantitative estimate of drug-likeness (QED) is 0.732. The lowest BCUT2D eigenvalue weighted by atomic mass is 9.75. The van der Waals surface area contributed by atoms with Gasteiger partial charge in [0, 0.05) is 6.10 Å². The van der Waals surface area contributed by atoms with Gasteiger partial charge in [0.15, 0.2) is 0 Å². The molecule has 3 nitrogen and oxygen atoms in total. The Morgan fingerprint density at radius 2 is 1.94 bits per heavy atom. The van der Waals surface area contributed by atoms with Gasteiger partial charge in [-0.15, -0.1) is 0 Å². The Bertz CT molecular complexity index is 361. The van der Waals surface area contributed by atoms with Crippen LogP contribution in [0.5, 0.6) is 5.75 Å². The van der Waals surface area contributed by atoms with E-state index in [1.807, 2.05) is 12.1 Å². The van der Waals surface area contributed by atoms with E-state index in [2.05, 4.69) is 20.8 Å². The van der Waals surface area contributed by atoms with Crippen LogP contribution in [0.15, 0.2) is 24.3 Å². The first-order chi connectivity index (χ1) is 7.46. The van der Waals surface area contributed by atoms with E-state index < -0.39 is 0 Å². The molecule has 0 amide bonds. The van der Waals surface area contributed by atoms with Crippen molar-refractivity contribution in [3.63, 3.8) is 0 Å². The molecule has 1 aliphatic heterocycles.